The van der Waals surface area contributed by atoms with Crippen LogP contribution in [-0.4, -0.2) is 42.3 Å². The molecule has 2 amide bonds. The number of non-ortho nitro benzene ring substituents is 1. The molecule has 0 bridgehead atoms. The minimum atomic E-state index is -0.618. The summed E-state index contributed by atoms with van der Waals surface area (Å²) in [5.74, 6) is 0. The Balaban J connectivity index is 2.69. The summed E-state index contributed by atoms with van der Waals surface area (Å²) in [6.45, 7) is 1.07. The van der Waals surface area contributed by atoms with Gasteiger partial charge < -0.3 is 21.1 Å². The number of primary amides is 1. The molecule has 19 heavy (non-hydrogen) atoms. The lowest BCUT2D eigenvalue weighted by molar-refractivity contribution is -0.384. The van der Waals surface area contributed by atoms with Crippen LogP contribution in [0.5, 0.6) is 0 Å². The molecule has 104 valence electrons. The first-order valence-electron chi connectivity index (χ1n) is 5.68. The van der Waals surface area contributed by atoms with Crippen molar-refractivity contribution in [3.63, 3.8) is 0 Å². The summed E-state index contributed by atoms with van der Waals surface area (Å²) in [6.07, 6.45) is 0. The first-order chi connectivity index (χ1) is 9.04. The van der Waals surface area contributed by atoms with Crippen molar-refractivity contribution >= 4 is 17.4 Å². The Morgan fingerprint density at radius 2 is 2.00 bits per heavy atom. The van der Waals surface area contributed by atoms with Crippen LogP contribution in [0.1, 0.15) is 0 Å². The van der Waals surface area contributed by atoms with Gasteiger partial charge in [-0.2, -0.15) is 0 Å². The van der Waals surface area contributed by atoms with E-state index in [0.29, 0.717) is 19.6 Å². The van der Waals surface area contributed by atoms with Crippen molar-refractivity contribution in [3.8, 4) is 0 Å². The summed E-state index contributed by atoms with van der Waals surface area (Å²) in [5.41, 5.74) is 5.68. The van der Waals surface area contributed by atoms with E-state index in [2.05, 4.69) is 5.32 Å². The first kappa shape index (κ1) is 14.7. The number of carbonyl (C=O) groups excluding carboxylic acids is 1. The van der Waals surface area contributed by atoms with Crippen LogP contribution < -0.4 is 16.0 Å². The van der Waals surface area contributed by atoms with Crippen molar-refractivity contribution in [2.75, 3.05) is 31.1 Å². The number of nitrogens with two attached hydrogens (primary N) is 1. The number of nitro groups is 1. The van der Waals surface area contributed by atoms with E-state index in [1.54, 1.807) is 17.0 Å². The van der Waals surface area contributed by atoms with E-state index in [-0.39, 0.29) is 12.3 Å². The van der Waals surface area contributed by atoms with Crippen molar-refractivity contribution in [3.05, 3.63) is 34.4 Å². The van der Waals surface area contributed by atoms with Gasteiger partial charge >= 0.3 is 6.03 Å². The molecule has 0 aliphatic heterocycles. The van der Waals surface area contributed by atoms with E-state index in [9.17, 15) is 14.9 Å². The lowest BCUT2D eigenvalue weighted by Gasteiger charge is -2.23. The van der Waals surface area contributed by atoms with E-state index in [1.807, 2.05) is 0 Å². The highest BCUT2D eigenvalue weighted by molar-refractivity contribution is 5.71. The number of carbonyl (C=O) groups is 1. The number of nitrogens with zero attached hydrogens (tertiary/aromatic N) is 2. The van der Waals surface area contributed by atoms with Crippen LogP contribution in [-0.2, 0) is 0 Å². The predicted molar refractivity (Wildman–Crippen MR) is 70.0 cm³/mol. The molecule has 8 nitrogen and oxygen atoms in total. The lowest BCUT2D eigenvalue weighted by Crippen LogP contribution is -2.38. The highest BCUT2D eigenvalue weighted by Gasteiger charge is 2.09. The zero-order valence-corrected chi connectivity index (χ0v) is 10.3. The molecule has 1 aromatic rings. The van der Waals surface area contributed by atoms with Crippen LogP contribution in [0.15, 0.2) is 24.3 Å². The number of amides is 2. The van der Waals surface area contributed by atoms with E-state index in [0.717, 1.165) is 5.69 Å². The number of benzene rings is 1. The number of anilines is 1. The highest BCUT2D eigenvalue weighted by atomic mass is 16.6. The third kappa shape index (κ3) is 4.80. The minimum absolute atomic E-state index is 0.00274. The third-order valence-corrected chi connectivity index (χ3v) is 2.48. The van der Waals surface area contributed by atoms with Crippen molar-refractivity contribution in [2.24, 2.45) is 5.73 Å². The number of hydrogen-bond acceptors (Lipinski definition) is 5. The van der Waals surface area contributed by atoms with Crippen molar-refractivity contribution in [1.29, 1.82) is 0 Å². The van der Waals surface area contributed by atoms with Crippen molar-refractivity contribution in [1.82, 2.24) is 5.32 Å². The Labute approximate surface area is 110 Å². The van der Waals surface area contributed by atoms with Crippen LogP contribution in [0.25, 0.3) is 0 Å². The second kappa shape index (κ2) is 7.17. The van der Waals surface area contributed by atoms with E-state index >= 15 is 0 Å². The number of aliphatic hydroxyl groups excluding tert-OH is 1. The zero-order chi connectivity index (χ0) is 14.3. The van der Waals surface area contributed by atoms with Crippen LogP contribution in [0.2, 0.25) is 0 Å². The number of nitro benzene ring substituents is 1. The standard InChI is InChI=1S/C11H16N4O4/c12-11(17)13-5-6-14(7-8-16)9-1-3-10(4-2-9)15(18)19/h1-4,16H,5-8H2,(H3,12,13,17). The zero-order valence-electron chi connectivity index (χ0n) is 10.3. The third-order valence-electron chi connectivity index (χ3n) is 2.48. The Hall–Kier alpha value is -2.35. The Kier molecular flexibility index (Phi) is 5.55. The van der Waals surface area contributed by atoms with Gasteiger partial charge in [0, 0.05) is 37.5 Å². The number of rotatable bonds is 7. The largest absolute Gasteiger partial charge is 0.395 e. The van der Waals surface area contributed by atoms with E-state index in [1.165, 1.54) is 12.1 Å². The minimum Gasteiger partial charge on any atom is -0.395 e. The molecule has 0 spiro atoms. The van der Waals surface area contributed by atoms with E-state index in [4.69, 9.17) is 10.8 Å². The average Bonchev–Trinajstić information content (AvgIpc) is 2.37. The molecule has 1 rings (SSSR count). The van der Waals surface area contributed by atoms with Crippen molar-refractivity contribution in [2.45, 2.75) is 0 Å². The number of urea groups is 1. The van der Waals surface area contributed by atoms with Crippen LogP contribution in [0, 0.1) is 10.1 Å². The van der Waals surface area contributed by atoms with Crippen LogP contribution >= 0.6 is 0 Å². The lowest BCUT2D eigenvalue weighted by atomic mass is 10.2. The van der Waals surface area contributed by atoms with Gasteiger partial charge in [-0.15, -0.1) is 0 Å². The second-order valence-electron chi connectivity index (χ2n) is 3.78. The quantitative estimate of drug-likeness (QED) is 0.477. The molecule has 0 unspecified atom stereocenters. The normalized spacial score (nSPS) is 9.95. The maximum atomic E-state index is 10.6. The van der Waals surface area contributed by atoms with E-state index < -0.39 is 11.0 Å². The smallest absolute Gasteiger partial charge is 0.312 e. The molecule has 0 aliphatic carbocycles. The van der Waals surface area contributed by atoms with Gasteiger partial charge in [-0.25, -0.2) is 4.79 Å². The van der Waals surface area contributed by atoms with Gasteiger partial charge in [0.2, 0.25) is 0 Å². The Morgan fingerprint density at radius 1 is 1.37 bits per heavy atom. The maximum Gasteiger partial charge on any atom is 0.312 e. The summed E-state index contributed by atoms with van der Waals surface area (Å²) in [6, 6.07) is 5.35. The molecule has 0 fully saturated rings. The second-order valence-corrected chi connectivity index (χ2v) is 3.78. The van der Waals surface area contributed by atoms with Gasteiger partial charge in [-0.05, 0) is 12.1 Å². The highest BCUT2D eigenvalue weighted by Crippen LogP contribution is 2.18. The summed E-state index contributed by atoms with van der Waals surface area (Å²) < 4.78 is 0. The number of hydrogen-bond donors (Lipinski definition) is 3. The van der Waals surface area contributed by atoms with Gasteiger partial charge in [0.1, 0.15) is 0 Å². The molecular formula is C11H16N4O4. The molecule has 1 aromatic carbocycles. The molecule has 0 saturated heterocycles. The SMILES string of the molecule is NC(=O)NCCN(CCO)c1ccc([N+](=O)[O-])cc1. The molecule has 0 radical (unpaired) electrons. The van der Waals surface area contributed by atoms with Gasteiger partial charge in [-0.1, -0.05) is 0 Å². The molecule has 0 atom stereocenters. The maximum absolute atomic E-state index is 10.6. The predicted octanol–water partition coefficient (Wildman–Crippen LogP) is 0.0618. The molecule has 0 aliphatic rings. The average molecular weight is 268 g/mol. The molecule has 0 saturated carbocycles. The Bertz CT molecular complexity index is 435. The topological polar surface area (TPSA) is 122 Å². The molecule has 0 aromatic heterocycles. The monoisotopic (exact) mass is 268 g/mol. The number of aliphatic hydroxyl groups is 1. The molecule has 4 N–H and O–H groups in total. The molecular weight excluding hydrogens is 252 g/mol. The summed E-state index contributed by atoms with van der Waals surface area (Å²) in [7, 11) is 0. The fourth-order valence-corrected chi connectivity index (χ4v) is 1.59. The van der Waals surface area contributed by atoms with Crippen LogP contribution in [0.3, 0.4) is 0 Å². The van der Waals surface area contributed by atoms with Gasteiger partial charge in [-0.3, -0.25) is 10.1 Å². The summed E-state index contributed by atoms with van der Waals surface area (Å²) in [4.78, 5) is 22.4. The molecule has 0 heterocycles. The Morgan fingerprint density at radius 3 is 2.47 bits per heavy atom. The number of nitrogens with one attached hydrogen (secondary N) is 1. The molecule has 8 heteroatoms. The first-order valence-corrected chi connectivity index (χ1v) is 5.68. The van der Waals surface area contributed by atoms with Crippen molar-refractivity contribution < 1.29 is 14.8 Å². The van der Waals surface area contributed by atoms with Gasteiger partial charge in [0.05, 0.1) is 11.5 Å². The van der Waals surface area contributed by atoms with Gasteiger partial charge in [0.15, 0.2) is 0 Å². The summed E-state index contributed by atoms with van der Waals surface area (Å²) >= 11 is 0. The van der Waals surface area contributed by atoms with Crippen LogP contribution in [0.4, 0.5) is 16.2 Å². The fraction of sp³-hybridized carbons (Fsp3) is 0.364. The van der Waals surface area contributed by atoms with Gasteiger partial charge in [0.25, 0.3) is 5.69 Å². The fourth-order valence-electron chi connectivity index (χ4n) is 1.59. The summed E-state index contributed by atoms with van der Waals surface area (Å²) in [5, 5.41) is 22.0.